The Kier molecular flexibility index (Phi) is 2.58. The Morgan fingerprint density at radius 2 is 2.00 bits per heavy atom. The number of carbonyl (C=O) groups is 1. The molecule has 1 aromatic carbocycles. The highest BCUT2D eigenvalue weighted by Gasteiger charge is 2.38. The predicted molar refractivity (Wildman–Crippen MR) is 66.6 cm³/mol. The number of carbonyl (C=O) groups excluding carboxylic acids is 1. The third-order valence-electron chi connectivity index (χ3n) is 3.34. The summed E-state index contributed by atoms with van der Waals surface area (Å²) >= 11 is 0. The SMILES string of the molecule is CCN1C(=CC=O)C(C)(C)c2ccccc21. The smallest absolute Gasteiger partial charge is 0.144 e. The van der Waals surface area contributed by atoms with Crippen molar-refractivity contribution in [3.8, 4) is 0 Å². The molecule has 0 amide bonds. The van der Waals surface area contributed by atoms with Crippen molar-refractivity contribution in [3.05, 3.63) is 41.6 Å². The van der Waals surface area contributed by atoms with E-state index < -0.39 is 0 Å². The molecule has 0 atom stereocenters. The molecule has 0 N–H and O–H groups in total. The monoisotopic (exact) mass is 215 g/mol. The van der Waals surface area contributed by atoms with Crippen LogP contribution >= 0.6 is 0 Å². The average molecular weight is 215 g/mol. The van der Waals surface area contributed by atoms with Crippen molar-refractivity contribution in [2.24, 2.45) is 0 Å². The number of anilines is 1. The number of para-hydroxylation sites is 1. The topological polar surface area (TPSA) is 20.3 Å². The van der Waals surface area contributed by atoms with Crippen molar-refractivity contribution in [3.63, 3.8) is 0 Å². The Balaban J connectivity index is 2.64. The average Bonchev–Trinajstić information content (AvgIpc) is 2.49. The zero-order valence-corrected chi connectivity index (χ0v) is 10.0. The number of hydrogen-bond acceptors (Lipinski definition) is 2. The first-order chi connectivity index (χ1) is 7.62. The van der Waals surface area contributed by atoms with Crippen LogP contribution in [0.25, 0.3) is 0 Å². The van der Waals surface area contributed by atoms with E-state index in [-0.39, 0.29) is 5.41 Å². The molecule has 0 saturated heterocycles. The molecule has 1 aliphatic rings. The third kappa shape index (κ3) is 1.37. The van der Waals surface area contributed by atoms with Gasteiger partial charge >= 0.3 is 0 Å². The molecule has 0 spiro atoms. The number of likely N-dealkylation sites (N-methyl/N-ethyl adjacent to an activating group) is 1. The third-order valence-corrected chi connectivity index (χ3v) is 3.34. The van der Waals surface area contributed by atoms with E-state index in [9.17, 15) is 4.79 Å². The van der Waals surface area contributed by atoms with Crippen LogP contribution in [0.4, 0.5) is 5.69 Å². The number of hydrogen-bond donors (Lipinski definition) is 0. The van der Waals surface area contributed by atoms with E-state index in [1.54, 1.807) is 6.08 Å². The molecule has 0 unspecified atom stereocenters. The number of nitrogens with zero attached hydrogens (tertiary/aromatic N) is 1. The highest BCUT2D eigenvalue weighted by Crippen LogP contribution is 2.46. The number of benzene rings is 1. The Morgan fingerprint density at radius 3 is 2.62 bits per heavy atom. The van der Waals surface area contributed by atoms with Crippen LogP contribution in [0.2, 0.25) is 0 Å². The second kappa shape index (κ2) is 3.78. The predicted octanol–water partition coefficient (Wildman–Crippen LogP) is 2.89. The second-order valence-corrected chi connectivity index (χ2v) is 4.57. The van der Waals surface area contributed by atoms with Gasteiger partial charge in [-0.1, -0.05) is 32.0 Å². The second-order valence-electron chi connectivity index (χ2n) is 4.57. The first kappa shape index (κ1) is 10.9. The van der Waals surface area contributed by atoms with Gasteiger partial charge in [-0.2, -0.15) is 0 Å². The van der Waals surface area contributed by atoms with Gasteiger partial charge in [0, 0.05) is 23.3 Å². The molecule has 0 fully saturated rings. The van der Waals surface area contributed by atoms with E-state index in [4.69, 9.17) is 0 Å². The Labute approximate surface area is 96.6 Å². The lowest BCUT2D eigenvalue weighted by Crippen LogP contribution is -2.26. The number of aldehydes is 1. The maximum absolute atomic E-state index is 10.8. The van der Waals surface area contributed by atoms with Gasteiger partial charge in [0.25, 0.3) is 0 Å². The van der Waals surface area contributed by atoms with Crippen molar-refractivity contribution >= 4 is 12.0 Å². The van der Waals surface area contributed by atoms with Crippen molar-refractivity contribution in [1.82, 2.24) is 0 Å². The van der Waals surface area contributed by atoms with Gasteiger partial charge in [-0.05, 0) is 24.6 Å². The summed E-state index contributed by atoms with van der Waals surface area (Å²) in [6.45, 7) is 7.32. The van der Waals surface area contributed by atoms with Gasteiger partial charge in [0.1, 0.15) is 6.29 Å². The molecule has 0 radical (unpaired) electrons. The summed E-state index contributed by atoms with van der Waals surface area (Å²) < 4.78 is 0. The first-order valence-electron chi connectivity index (χ1n) is 5.66. The lowest BCUT2D eigenvalue weighted by atomic mass is 9.84. The van der Waals surface area contributed by atoms with Crippen molar-refractivity contribution in [2.45, 2.75) is 26.2 Å². The summed E-state index contributed by atoms with van der Waals surface area (Å²) in [7, 11) is 0. The highest BCUT2D eigenvalue weighted by atomic mass is 16.1. The fourth-order valence-electron chi connectivity index (χ4n) is 2.55. The summed E-state index contributed by atoms with van der Waals surface area (Å²) in [5.74, 6) is 0. The van der Waals surface area contributed by atoms with E-state index >= 15 is 0 Å². The Morgan fingerprint density at radius 1 is 1.31 bits per heavy atom. The number of fused-ring (bicyclic) bond motifs is 1. The van der Waals surface area contributed by atoms with E-state index in [2.05, 4.69) is 43.9 Å². The molecule has 2 nitrogen and oxygen atoms in total. The molecule has 2 heteroatoms. The van der Waals surface area contributed by atoms with Crippen LogP contribution in [0, 0.1) is 0 Å². The molecule has 16 heavy (non-hydrogen) atoms. The zero-order valence-electron chi connectivity index (χ0n) is 10.0. The summed E-state index contributed by atoms with van der Waals surface area (Å²) in [6, 6.07) is 8.36. The molecule has 0 saturated carbocycles. The quantitative estimate of drug-likeness (QED) is 0.558. The number of rotatable bonds is 2. The minimum Gasteiger partial charge on any atom is -0.344 e. The van der Waals surface area contributed by atoms with Crippen molar-refractivity contribution in [1.29, 1.82) is 0 Å². The fraction of sp³-hybridized carbons (Fsp3) is 0.357. The van der Waals surface area contributed by atoms with Crippen LogP contribution in [0.15, 0.2) is 36.0 Å². The molecule has 1 heterocycles. The van der Waals surface area contributed by atoms with Crippen LogP contribution < -0.4 is 4.90 Å². The summed E-state index contributed by atoms with van der Waals surface area (Å²) in [4.78, 5) is 13.0. The fourth-order valence-corrected chi connectivity index (χ4v) is 2.55. The summed E-state index contributed by atoms with van der Waals surface area (Å²) in [5.41, 5.74) is 3.53. The normalized spacial score (nSPS) is 19.9. The van der Waals surface area contributed by atoms with Gasteiger partial charge in [0.15, 0.2) is 0 Å². The highest BCUT2D eigenvalue weighted by molar-refractivity contribution is 5.76. The summed E-state index contributed by atoms with van der Waals surface area (Å²) in [5, 5.41) is 0. The molecule has 0 bridgehead atoms. The van der Waals surface area contributed by atoms with Crippen LogP contribution in [-0.4, -0.2) is 12.8 Å². The molecule has 1 aliphatic heterocycles. The lowest BCUT2D eigenvalue weighted by Gasteiger charge is -2.25. The minimum absolute atomic E-state index is 0.0759. The van der Waals surface area contributed by atoms with E-state index in [0.717, 1.165) is 18.5 Å². The van der Waals surface area contributed by atoms with Crippen LogP contribution in [0.3, 0.4) is 0 Å². The lowest BCUT2D eigenvalue weighted by molar-refractivity contribution is -0.104. The summed E-state index contributed by atoms with van der Waals surface area (Å²) in [6.07, 6.45) is 2.56. The van der Waals surface area contributed by atoms with Crippen molar-refractivity contribution < 1.29 is 4.79 Å². The Bertz CT molecular complexity index is 446. The number of allylic oxidation sites excluding steroid dienone is 2. The van der Waals surface area contributed by atoms with E-state index in [1.807, 2.05) is 6.07 Å². The van der Waals surface area contributed by atoms with E-state index in [0.29, 0.717) is 0 Å². The van der Waals surface area contributed by atoms with Gasteiger partial charge in [0.05, 0.1) is 0 Å². The van der Waals surface area contributed by atoms with Gasteiger partial charge in [0.2, 0.25) is 0 Å². The largest absolute Gasteiger partial charge is 0.344 e. The van der Waals surface area contributed by atoms with Crippen LogP contribution in [-0.2, 0) is 10.2 Å². The molecular formula is C14H17NO. The zero-order chi connectivity index (χ0) is 11.8. The molecular weight excluding hydrogens is 198 g/mol. The Hall–Kier alpha value is -1.57. The van der Waals surface area contributed by atoms with Crippen LogP contribution in [0.1, 0.15) is 26.3 Å². The maximum atomic E-state index is 10.8. The van der Waals surface area contributed by atoms with Gasteiger partial charge in [-0.25, -0.2) is 0 Å². The standard InChI is InChI=1S/C14H17NO/c1-4-15-12-8-6-5-7-11(12)14(2,3)13(15)9-10-16/h5-10H,4H2,1-3H3. The van der Waals surface area contributed by atoms with Gasteiger partial charge < -0.3 is 4.90 Å². The first-order valence-corrected chi connectivity index (χ1v) is 5.66. The minimum atomic E-state index is -0.0759. The van der Waals surface area contributed by atoms with Gasteiger partial charge in [-0.15, -0.1) is 0 Å². The van der Waals surface area contributed by atoms with Crippen LogP contribution in [0.5, 0.6) is 0 Å². The molecule has 0 aliphatic carbocycles. The molecule has 2 rings (SSSR count). The molecule has 0 aromatic heterocycles. The molecule has 84 valence electrons. The van der Waals surface area contributed by atoms with Gasteiger partial charge in [-0.3, -0.25) is 4.79 Å². The maximum Gasteiger partial charge on any atom is 0.144 e. The van der Waals surface area contributed by atoms with Crippen molar-refractivity contribution in [2.75, 3.05) is 11.4 Å². The molecule has 1 aromatic rings. The van der Waals surface area contributed by atoms with E-state index in [1.165, 1.54) is 11.3 Å².